The Morgan fingerprint density at radius 3 is 1.14 bits per heavy atom. The van der Waals surface area contributed by atoms with E-state index in [-0.39, 0.29) is 58.9 Å². The number of nitrogens with zero attached hydrogens (tertiary/aromatic N) is 20. The third-order valence-corrected chi connectivity index (χ3v) is 25.8. The predicted octanol–water partition coefficient (Wildman–Crippen LogP) is 24.4. The number of aromatic nitrogens is 15. The van der Waals surface area contributed by atoms with Gasteiger partial charge in [-0.3, -0.25) is 24.0 Å². The first-order chi connectivity index (χ1) is 69.3. The van der Waals surface area contributed by atoms with Gasteiger partial charge in [-0.05, 0) is 252 Å². The van der Waals surface area contributed by atoms with Crippen molar-refractivity contribution in [2.24, 2.45) is 35.5 Å². The Morgan fingerprint density at radius 1 is 0.375 bits per heavy atom. The number of carbonyl (C=O) groups excluding carboxylic acids is 5. The second kappa shape index (κ2) is 49.5. The Morgan fingerprint density at radius 2 is 0.736 bits per heavy atom. The first kappa shape index (κ1) is 107. The third-order valence-electron chi connectivity index (χ3n) is 24.6. The molecule has 3 aliphatic rings. The fraction of sp³-hybridized carbons (Fsp3) is 0.380. The molecule has 5 aromatic carbocycles. The zero-order chi connectivity index (χ0) is 103. The smallest absolute Gasteiger partial charge is 0.260 e. The second-order valence-corrected chi connectivity index (χ2v) is 39.3. The zero-order valence-corrected chi connectivity index (χ0v) is 85.0. The van der Waals surface area contributed by atoms with Gasteiger partial charge in [0.25, 0.3) is 29.5 Å². The molecular weight excluding hydrogens is 1930 g/mol. The van der Waals surface area contributed by atoms with Gasteiger partial charge in [0.05, 0.1) is 58.9 Å². The summed E-state index contributed by atoms with van der Waals surface area (Å²) in [5.74, 6) is -1.62. The molecule has 25 nitrogen and oxygen atoms in total. The molecule has 0 unspecified atom stereocenters. The number of imidazole rings is 5. The van der Waals surface area contributed by atoms with Crippen molar-refractivity contribution >= 4 is 132 Å². The van der Waals surface area contributed by atoms with Gasteiger partial charge in [-0.1, -0.05) is 115 Å². The molecule has 5 amide bonds. The number of fused-ring (bicyclic) bond motifs is 5. The van der Waals surface area contributed by atoms with E-state index in [1.165, 1.54) is 67.0 Å². The van der Waals surface area contributed by atoms with Crippen molar-refractivity contribution in [3.63, 3.8) is 0 Å². The van der Waals surface area contributed by atoms with Crippen LogP contribution in [0.25, 0.3) is 55.8 Å². The molecule has 0 saturated heterocycles. The SMILES string of the molecule is C=CCN(Cc1nc2cccnc2n1CC1CC1)C(=O)c1ccc(F)c(Cl)c1.CC(C)CCN(Cc1nc2cccnc2n1CC1CC1)C(=O)c1c(F)ccc(F)c1F.CCCN(Cc1nc2cccnc2n1CC(C)C)C(=O)c1cc(Cl)ccc1Cl.CCCN(Cc1nc2cccnc2n1CC1CC1)C(=O)c1ccc(F)c(Cl)c1.CCCn1c(CN(CCC(C)C)C(=O)c2cc(F)ccc2F)nc2cccnc21. The van der Waals surface area contributed by atoms with E-state index in [0.29, 0.717) is 138 Å². The van der Waals surface area contributed by atoms with Crippen molar-refractivity contribution in [1.82, 2.24) is 97.2 Å². The minimum Gasteiger partial charge on any atom is -0.331 e. The zero-order valence-electron chi connectivity index (χ0n) is 82.0. The van der Waals surface area contributed by atoms with Crippen molar-refractivity contribution in [3.05, 3.63) is 307 Å². The molecule has 3 saturated carbocycles. The number of amides is 5. The minimum atomic E-state index is -1.47. The highest BCUT2D eigenvalue weighted by atomic mass is 35.5. The van der Waals surface area contributed by atoms with E-state index >= 15 is 0 Å². The molecule has 756 valence electrons. The van der Waals surface area contributed by atoms with Crippen LogP contribution in [0.1, 0.15) is 214 Å². The molecule has 10 heterocycles. The summed E-state index contributed by atoms with van der Waals surface area (Å²) in [5, 5.41) is 0.760. The molecule has 0 spiro atoms. The lowest BCUT2D eigenvalue weighted by molar-refractivity contribution is 0.0712. The van der Waals surface area contributed by atoms with Gasteiger partial charge in [-0.15, -0.1) is 6.58 Å². The largest absolute Gasteiger partial charge is 0.331 e. The van der Waals surface area contributed by atoms with Crippen LogP contribution >= 0.6 is 46.4 Å². The topological polar surface area (TPSA) is 255 Å². The molecule has 3 fully saturated rings. The highest BCUT2D eigenvalue weighted by Gasteiger charge is 2.34. The lowest BCUT2D eigenvalue weighted by Gasteiger charge is -2.24. The monoisotopic (exact) mass is 2050 g/mol. The minimum absolute atomic E-state index is 0.0486. The number of benzene rings is 5. The van der Waals surface area contributed by atoms with Crippen LogP contribution in [0, 0.1) is 76.2 Å². The number of carbonyl (C=O) groups is 5. The molecule has 0 aliphatic heterocycles. The van der Waals surface area contributed by atoms with E-state index in [1.807, 2.05) is 91.4 Å². The second-order valence-electron chi connectivity index (χ2n) is 37.7. The van der Waals surface area contributed by atoms with Gasteiger partial charge in [0.15, 0.2) is 39.9 Å². The quantitative estimate of drug-likeness (QED) is 0.0199. The summed E-state index contributed by atoms with van der Waals surface area (Å²) in [5.41, 5.74) is 7.96. The van der Waals surface area contributed by atoms with Crippen molar-refractivity contribution in [3.8, 4) is 0 Å². The Labute approximate surface area is 851 Å². The molecule has 144 heavy (non-hydrogen) atoms. The summed E-state index contributed by atoms with van der Waals surface area (Å²) in [4.78, 5) is 119. The van der Waals surface area contributed by atoms with Gasteiger partial charge in [0, 0.05) is 113 Å². The van der Waals surface area contributed by atoms with Gasteiger partial charge < -0.3 is 47.3 Å². The standard InChI is InChI=1S/C23H25F3N4O.C22H26F2N4O.C21H24Cl2N4O.C21H22ClFN4O.C21H20ClFN4O/c1-14(2)9-11-29(23(31)20-16(24)7-8-17(25)21(20)26)13-19-28-18-4-3-10-27-22(18)30(19)12-15-5-6-15;1-4-11-28-20(26-19-6-5-10-25-21(19)28)14-27(12-9-15(2)3)22(29)17-13-16(23)7-8-18(17)24;1-4-10-26(21(28)16-11-15(22)7-8-17(16)23)13-19-25-18-6-5-9-24-20(18)27(19)12-14(2)3;2*1-2-10-26(21(28)15-7-8-17(23)16(22)11-15)13-19-25-18-4-3-9-24-20(18)27(19)12-14-5-6-14/h3-4,7-8,10,14-15H,5-6,9,11-13H2,1-2H3;5-8,10,13,15H,4,9,11-12,14H2,1-3H3;5-9,11,14H,4,10,12-13H2,1-3H3;3-4,7-9,11,14H,2,5-6,10,12-13H2,1H3;2-4,7-9,11,14H,1,5-6,10,12-13H2. The highest BCUT2D eigenvalue weighted by molar-refractivity contribution is 6.36. The average Bonchev–Trinajstić information content (AvgIpc) is 1.73. The van der Waals surface area contributed by atoms with Crippen LogP contribution in [0.2, 0.25) is 20.1 Å². The van der Waals surface area contributed by atoms with Crippen LogP contribution in [0.5, 0.6) is 0 Å². The fourth-order valence-corrected chi connectivity index (χ4v) is 17.4. The Balaban J connectivity index is 0.000000143. The van der Waals surface area contributed by atoms with Crippen LogP contribution in [-0.2, 0) is 65.4 Å². The van der Waals surface area contributed by atoms with Crippen molar-refractivity contribution in [1.29, 1.82) is 0 Å². The van der Waals surface area contributed by atoms with Crippen LogP contribution in [0.4, 0.5) is 30.7 Å². The summed E-state index contributed by atoms with van der Waals surface area (Å²) in [6.07, 6.45) is 21.4. The van der Waals surface area contributed by atoms with E-state index in [2.05, 4.69) is 89.8 Å². The van der Waals surface area contributed by atoms with Gasteiger partial charge in [-0.2, -0.15) is 0 Å². The number of aryl methyl sites for hydroxylation is 1. The normalized spacial score (nSPS) is 12.8. The summed E-state index contributed by atoms with van der Waals surface area (Å²) in [7, 11) is 0. The van der Waals surface area contributed by atoms with Crippen molar-refractivity contribution in [2.75, 3.05) is 32.7 Å². The summed E-state index contributed by atoms with van der Waals surface area (Å²) >= 11 is 24.1. The predicted molar refractivity (Wildman–Crippen MR) is 546 cm³/mol. The third kappa shape index (κ3) is 27.3. The van der Waals surface area contributed by atoms with Crippen LogP contribution in [0.15, 0.2) is 189 Å². The summed E-state index contributed by atoms with van der Waals surface area (Å²) < 4.78 is 108. The van der Waals surface area contributed by atoms with Gasteiger partial charge in [-0.25, -0.2) is 80.6 Å². The van der Waals surface area contributed by atoms with E-state index in [0.717, 1.165) is 157 Å². The fourth-order valence-electron chi connectivity index (χ4n) is 16.7. The average molecular weight is 2050 g/mol. The van der Waals surface area contributed by atoms with Crippen molar-refractivity contribution < 1.29 is 54.7 Å². The highest BCUT2D eigenvalue weighted by Crippen LogP contribution is 2.37. The Hall–Kier alpha value is -13.0. The first-order valence-corrected chi connectivity index (χ1v) is 50.3. The van der Waals surface area contributed by atoms with E-state index in [1.54, 1.807) is 80.9 Å². The van der Waals surface area contributed by atoms with Crippen LogP contribution in [0.3, 0.4) is 0 Å². The Bertz CT molecular complexity index is 7080. The maximum absolute atomic E-state index is 14.3. The van der Waals surface area contributed by atoms with E-state index in [4.69, 9.17) is 61.4 Å². The number of pyridine rings is 5. The molecule has 10 aromatic heterocycles. The maximum atomic E-state index is 14.3. The van der Waals surface area contributed by atoms with Crippen LogP contribution in [-0.4, -0.2) is 159 Å². The summed E-state index contributed by atoms with van der Waals surface area (Å²) in [6.45, 7) is 29.8. The number of halogens is 11. The summed E-state index contributed by atoms with van der Waals surface area (Å²) in [6, 6.07) is 36.2. The number of rotatable bonds is 37. The first-order valence-electron chi connectivity index (χ1n) is 48.8. The van der Waals surface area contributed by atoms with Gasteiger partial charge >= 0.3 is 0 Å². The van der Waals surface area contributed by atoms with E-state index < -0.39 is 58.1 Å². The number of hydrogen-bond acceptors (Lipinski definition) is 15. The molecule has 0 radical (unpaired) electrons. The molecule has 36 heteroatoms. The molecule has 0 N–H and O–H groups in total. The maximum Gasteiger partial charge on any atom is 0.260 e. The molecule has 0 bridgehead atoms. The van der Waals surface area contributed by atoms with Crippen LogP contribution < -0.4 is 0 Å². The van der Waals surface area contributed by atoms with Gasteiger partial charge in [0.1, 0.15) is 91.4 Å². The lowest BCUT2D eigenvalue weighted by atomic mass is 10.1. The Kier molecular flexibility index (Phi) is 36.7. The molecule has 18 rings (SSSR count). The number of hydrogen-bond donors (Lipinski definition) is 0. The molecule has 3 aliphatic carbocycles. The molecule has 15 aromatic rings. The molecule has 0 atom stereocenters. The molecular formula is C108H117Cl4F7N20O5. The van der Waals surface area contributed by atoms with E-state index in [9.17, 15) is 54.7 Å². The lowest BCUT2D eigenvalue weighted by Crippen LogP contribution is -2.34. The van der Waals surface area contributed by atoms with Crippen molar-refractivity contribution in [2.45, 2.75) is 198 Å². The van der Waals surface area contributed by atoms with Gasteiger partial charge in [0.2, 0.25) is 0 Å².